The molecule has 0 saturated heterocycles. The predicted molar refractivity (Wildman–Crippen MR) is 45.4 cm³/mol. The number of alkyl halides is 1. The Balaban J connectivity index is 3.17. The highest BCUT2D eigenvalue weighted by molar-refractivity contribution is 6.32. The zero-order valence-corrected chi connectivity index (χ0v) is 6.78. The van der Waals surface area contributed by atoms with Crippen LogP contribution < -0.4 is 5.73 Å². The molecule has 0 saturated carbocycles. The number of anilines is 1. The van der Waals surface area contributed by atoms with E-state index in [0.717, 1.165) is 5.56 Å². The van der Waals surface area contributed by atoms with Crippen LogP contribution in [0.2, 0.25) is 5.02 Å². The molecule has 0 bridgehead atoms. The quantitative estimate of drug-likeness (QED) is 0.516. The first-order valence-corrected chi connectivity index (χ1v) is 3.75. The van der Waals surface area contributed by atoms with Gasteiger partial charge >= 0.3 is 0 Å². The Labute approximate surface area is 69.7 Å². The third-order valence-corrected chi connectivity index (χ3v) is 1.91. The topological polar surface area (TPSA) is 26.0 Å². The summed E-state index contributed by atoms with van der Waals surface area (Å²) >= 11 is 11.3. The lowest BCUT2D eigenvalue weighted by molar-refractivity contribution is 1.41. The fourth-order valence-electron chi connectivity index (χ4n) is 0.716. The summed E-state index contributed by atoms with van der Waals surface area (Å²) in [5, 5.41) is 0.634. The number of nitrogens with two attached hydrogens (primary N) is 1. The highest BCUT2D eigenvalue weighted by Crippen LogP contribution is 2.22. The molecule has 0 amide bonds. The van der Waals surface area contributed by atoms with Crippen molar-refractivity contribution in [1.82, 2.24) is 0 Å². The van der Waals surface area contributed by atoms with Gasteiger partial charge in [0.2, 0.25) is 0 Å². The number of benzene rings is 1. The van der Waals surface area contributed by atoms with E-state index in [1.807, 2.05) is 0 Å². The lowest BCUT2D eigenvalue weighted by atomic mass is 10.2. The summed E-state index contributed by atoms with van der Waals surface area (Å²) < 4.78 is 0. The molecule has 0 unspecified atom stereocenters. The van der Waals surface area contributed by atoms with Crippen molar-refractivity contribution in [3.63, 3.8) is 0 Å². The summed E-state index contributed by atoms with van der Waals surface area (Å²) in [5.41, 5.74) is 7.03. The van der Waals surface area contributed by atoms with Gasteiger partial charge in [0.25, 0.3) is 0 Å². The zero-order valence-electron chi connectivity index (χ0n) is 5.27. The van der Waals surface area contributed by atoms with Crippen molar-refractivity contribution in [2.45, 2.75) is 5.88 Å². The number of nitrogen functional groups attached to an aromatic ring is 1. The fraction of sp³-hybridized carbons (Fsp3) is 0.143. The third-order valence-electron chi connectivity index (χ3n) is 1.29. The summed E-state index contributed by atoms with van der Waals surface area (Å²) in [4.78, 5) is 0. The molecule has 1 aromatic rings. The van der Waals surface area contributed by atoms with Crippen LogP contribution in [-0.2, 0) is 5.88 Å². The summed E-state index contributed by atoms with van der Waals surface area (Å²) in [6, 6.07) is 5.35. The normalized spacial score (nSPS) is 9.80. The predicted octanol–water partition coefficient (Wildman–Crippen LogP) is 2.66. The largest absolute Gasteiger partial charge is 0.398 e. The lowest BCUT2D eigenvalue weighted by Gasteiger charge is -2.01. The zero-order chi connectivity index (χ0) is 7.56. The monoisotopic (exact) mass is 175 g/mol. The number of hydrogen-bond donors (Lipinski definition) is 1. The summed E-state index contributed by atoms with van der Waals surface area (Å²) in [7, 11) is 0. The maximum absolute atomic E-state index is 5.77. The van der Waals surface area contributed by atoms with Gasteiger partial charge < -0.3 is 5.73 Å². The van der Waals surface area contributed by atoms with Gasteiger partial charge in [0.15, 0.2) is 0 Å². The Hall–Kier alpha value is -0.400. The summed E-state index contributed by atoms with van der Waals surface area (Å²) in [6.45, 7) is 0. The van der Waals surface area contributed by atoms with E-state index in [-0.39, 0.29) is 0 Å². The molecule has 54 valence electrons. The van der Waals surface area contributed by atoms with Crippen molar-refractivity contribution >= 4 is 28.9 Å². The summed E-state index contributed by atoms with van der Waals surface area (Å²) in [6.07, 6.45) is 0. The molecule has 0 aromatic heterocycles. The van der Waals surface area contributed by atoms with Gasteiger partial charge in [-0.2, -0.15) is 0 Å². The Morgan fingerprint density at radius 3 is 2.50 bits per heavy atom. The molecule has 0 aliphatic rings. The van der Waals surface area contributed by atoms with Crippen LogP contribution in [0.15, 0.2) is 18.2 Å². The van der Waals surface area contributed by atoms with E-state index in [0.29, 0.717) is 16.6 Å². The second-order valence-corrected chi connectivity index (χ2v) is 2.62. The molecule has 3 heteroatoms. The van der Waals surface area contributed by atoms with Crippen LogP contribution in [-0.4, -0.2) is 0 Å². The van der Waals surface area contributed by atoms with Crippen LogP contribution in [0.5, 0.6) is 0 Å². The first-order chi connectivity index (χ1) is 4.75. The molecule has 0 aliphatic heterocycles. The highest BCUT2D eigenvalue weighted by atomic mass is 35.5. The summed E-state index contributed by atoms with van der Waals surface area (Å²) in [5.74, 6) is 0.367. The van der Waals surface area contributed by atoms with Gasteiger partial charge in [0, 0.05) is 16.3 Å². The Kier molecular flexibility index (Phi) is 2.41. The fourth-order valence-corrected chi connectivity index (χ4v) is 1.33. The minimum atomic E-state index is 0.367. The smallest absolute Gasteiger partial charge is 0.0509 e. The Morgan fingerprint density at radius 2 is 2.10 bits per heavy atom. The van der Waals surface area contributed by atoms with Crippen molar-refractivity contribution in [1.29, 1.82) is 0 Å². The van der Waals surface area contributed by atoms with Gasteiger partial charge in [-0.1, -0.05) is 17.7 Å². The van der Waals surface area contributed by atoms with E-state index in [1.54, 1.807) is 18.2 Å². The van der Waals surface area contributed by atoms with Crippen LogP contribution in [0.1, 0.15) is 5.56 Å². The molecule has 1 nitrogen and oxygen atoms in total. The molecule has 0 fully saturated rings. The van der Waals surface area contributed by atoms with Gasteiger partial charge in [-0.05, 0) is 12.1 Å². The third kappa shape index (κ3) is 1.36. The van der Waals surface area contributed by atoms with E-state index in [9.17, 15) is 0 Å². The van der Waals surface area contributed by atoms with Crippen molar-refractivity contribution in [2.24, 2.45) is 0 Å². The second-order valence-electron chi connectivity index (χ2n) is 1.94. The molecule has 0 aliphatic carbocycles. The van der Waals surface area contributed by atoms with E-state index in [1.165, 1.54) is 0 Å². The van der Waals surface area contributed by atoms with Crippen LogP contribution in [0.4, 0.5) is 5.69 Å². The molecule has 0 radical (unpaired) electrons. The molecule has 0 atom stereocenters. The van der Waals surface area contributed by atoms with Gasteiger partial charge in [0.1, 0.15) is 0 Å². The SMILES string of the molecule is Nc1cccc(Cl)c1CCl. The number of halogens is 2. The first kappa shape index (κ1) is 7.70. The van der Waals surface area contributed by atoms with Crippen LogP contribution in [0, 0.1) is 0 Å². The average Bonchev–Trinajstić information content (AvgIpc) is 1.88. The van der Waals surface area contributed by atoms with E-state index < -0.39 is 0 Å². The van der Waals surface area contributed by atoms with E-state index >= 15 is 0 Å². The van der Waals surface area contributed by atoms with E-state index in [2.05, 4.69) is 0 Å². The highest BCUT2D eigenvalue weighted by Gasteiger charge is 2.00. The van der Waals surface area contributed by atoms with Crippen molar-refractivity contribution < 1.29 is 0 Å². The average molecular weight is 176 g/mol. The van der Waals surface area contributed by atoms with Crippen LogP contribution in [0.3, 0.4) is 0 Å². The standard InChI is InChI=1S/C7H7Cl2N/c8-4-5-6(9)2-1-3-7(5)10/h1-3H,4,10H2. The lowest BCUT2D eigenvalue weighted by Crippen LogP contribution is -1.91. The maximum Gasteiger partial charge on any atom is 0.0509 e. The molecule has 0 spiro atoms. The van der Waals surface area contributed by atoms with Crippen molar-refractivity contribution in [2.75, 3.05) is 5.73 Å². The van der Waals surface area contributed by atoms with Gasteiger partial charge in [-0.25, -0.2) is 0 Å². The minimum Gasteiger partial charge on any atom is -0.398 e. The number of hydrogen-bond acceptors (Lipinski definition) is 1. The molecule has 1 aromatic carbocycles. The Bertz CT molecular complexity index is 215. The van der Waals surface area contributed by atoms with Gasteiger partial charge in [0.05, 0.1) is 5.88 Å². The first-order valence-electron chi connectivity index (χ1n) is 2.84. The van der Waals surface area contributed by atoms with Gasteiger partial charge in [-0.3, -0.25) is 0 Å². The maximum atomic E-state index is 5.77. The van der Waals surface area contributed by atoms with E-state index in [4.69, 9.17) is 28.9 Å². The van der Waals surface area contributed by atoms with Crippen molar-refractivity contribution in [3.05, 3.63) is 28.8 Å². The second kappa shape index (κ2) is 3.13. The van der Waals surface area contributed by atoms with Gasteiger partial charge in [-0.15, -0.1) is 11.6 Å². The molecule has 0 heterocycles. The van der Waals surface area contributed by atoms with Crippen LogP contribution >= 0.6 is 23.2 Å². The Morgan fingerprint density at radius 1 is 1.40 bits per heavy atom. The molecule has 10 heavy (non-hydrogen) atoms. The molecular formula is C7H7Cl2N. The van der Waals surface area contributed by atoms with Crippen LogP contribution in [0.25, 0.3) is 0 Å². The minimum absolute atomic E-state index is 0.367. The molecular weight excluding hydrogens is 169 g/mol. The number of rotatable bonds is 1. The van der Waals surface area contributed by atoms with Crippen molar-refractivity contribution in [3.8, 4) is 0 Å². The molecule has 2 N–H and O–H groups in total. The molecule has 1 rings (SSSR count).